The second kappa shape index (κ2) is 15.0. The largest absolute Gasteiger partial charge is 0.494 e. The summed E-state index contributed by atoms with van der Waals surface area (Å²) in [6.07, 6.45) is 0.792. The van der Waals surface area contributed by atoms with Crippen LogP contribution in [0.5, 0.6) is 11.5 Å². The summed E-state index contributed by atoms with van der Waals surface area (Å²) < 4.78 is 53.9. The van der Waals surface area contributed by atoms with Gasteiger partial charge in [-0.2, -0.15) is 13.2 Å². The number of ether oxygens (including phenoxy) is 2. The predicted octanol–water partition coefficient (Wildman–Crippen LogP) is 9.63. The number of unbranched alkanes of at least 4 members (excludes halogenated alkanes) is 2. The topological polar surface area (TPSA) is 46.6 Å². The van der Waals surface area contributed by atoms with E-state index in [9.17, 15) is 13.2 Å². The zero-order chi connectivity index (χ0) is 34.4. The van der Waals surface area contributed by atoms with Crippen molar-refractivity contribution in [3.63, 3.8) is 0 Å². The van der Waals surface area contributed by atoms with Gasteiger partial charge in [-0.25, -0.2) is 0 Å². The van der Waals surface area contributed by atoms with Crippen molar-refractivity contribution in [2.45, 2.75) is 64.3 Å². The van der Waals surface area contributed by atoms with E-state index in [1.54, 1.807) is 12.3 Å². The number of aromatic nitrogens is 1. The molecule has 0 aliphatic carbocycles. The van der Waals surface area contributed by atoms with E-state index >= 15 is 0 Å². The van der Waals surface area contributed by atoms with Gasteiger partial charge in [-0.3, -0.25) is 15.2 Å². The first-order chi connectivity index (χ1) is 23.6. The first-order valence-corrected chi connectivity index (χ1v) is 17.1. The summed E-state index contributed by atoms with van der Waals surface area (Å²) in [5.41, 5.74) is 3.86. The monoisotopic (exact) mass is 667 g/mol. The van der Waals surface area contributed by atoms with Crippen molar-refractivity contribution < 1.29 is 22.6 Å². The molecule has 1 atom stereocenters. The molecule has 0 amide bonds. The van der Waals surface area contributed by atoms with Gasteiger partial charge in [0.15, 0.2) is 0 Å². The van der Waals surface area contributed by atoms with Crippen LogP contribution in [0.1, 0.15) is 62.3 Å². The van der Waals surface area contributed by atoms with E-state index in [2.05, 4.69) is 34.3 Å². The molecule has 1 unspecified atom stereocenters. The van der Waals surface area contributed by atoms with E-state index < -0.39 is 11.7 Å². The number of fused-ring (bicyclic) bond motifs is 1. The van der Waals surface area contributed by atoms with Crippen molar-refractivity contribution in [1.29, 1.82) is 0 Å². The Labute approximate surface area is 287 Å². The minimum Gasteiger partial charge on any atom is -0.494 e. The summed E-state index contributed by atoms with van der Waals surface area (Å²) in [7, 11) is 0. The van der Waals surface area contributed by atoms with E-state index in [4.69, 9.17) is 9.47 Å². The average Bonchev–Trinajstić information content (AvgIpc) is 3.47. The molecule has 0 saturated carbocycles. The Morgan fingerprint density at radius 2 is 1.65 bits per heavy atom. The molecule has 1 aliphatic rings. The van der Waals surface area contributed by atoms with E-state index in [1.807, 2.05) is 80.6 Å². The Morgan fingerprint density at radius 3 is 2.41 bits per heavy atom. The zero-order valence-corrected chi connectivity index (χ0v) is 28.4. The van der Waals surface area contributed by atoms with Gasteiger partial charge >= 0.3 is 6.18 Å². The maximum atomic E-state index is 14.0. The van der Waals surface area contributed by atoms with Gasteiger partial charge in [-0.15, -0.1) is 0 Å². The fourth-order valence-electron chi connectivity index (χ4n) is 6.70. The van der Waals surface area contributed by atoms with Crippen LogP contribution < -0.4 is 14.8 Å². The van der Waals surface area contributed by atoms with Crippen LogP contribution in [0.15, 0.2) is 103 Å². The summed E-state index contributed by atoms with van der Waals surface area (Å²) in [5.74, 6) is 1.59. The van der Waals surface area contributed by atoms with Crippen LogP contribution in [0.2, 0.25) is 0 Å². The minimum absolute atomic E-state index is 0.0456. The second-order valence-corrected chi connectivity index (χ2v) is 13.4. The molecule has 2 heterocycles. The Balaban J connectivity index is 1.07. The number of nitrogens with one attached hydrogen (secondary N) is 1. The molecule has 1 aromatic heterocycles. The molecule has 1 aliphatic heterocycles. The van der Waals surface area contributed by atoms with Crippen LogP contribution in [0.25, 0.3) is 22.0 Å². The number of nitrogens with zero attached hydrogens (tertiary/aromatic N) is 2. The number of alkyl halides is 3. The van der Waals surface area contributed by atoms with Crippen molar-refractivity contribution in [3.05, 3.63) is 126 Å². The van der Waals surface area contributed by atoms with Crippen LogP contribution in [-0.4, -0.2) is 42.4 Å². The number of hydrogen-bond donors (Lipinski definition) is 1. The molecule has 0 spiro atoms. The maximum Gasteiger partial charge on any atom is 0.418 e. The fraction of sp³-hybridized carbons (Fsp3) is 0.341. The summed E-state index contributed by atoms with van der Waals surface area (Å²) >= 11 is 0. The number of halogens is 3. The number of hydrogen-bond acceptors (Lipinski definition) is 5. The van der Waals surface area contributed by atoms with Crippen LogP contribution >= 0.6 is 0 Å². The molecule has 1 N–H and O–H groups in total. The summed E-state index contributed by atoms with van der Waals surface area (Å²) in [4.78, 5) is 6.79. The summed E-state index contributed by atoms with van der Waals surface area (Å²) in [6.45, 7) is 9.68. The van der Waals surface area contributed by atoms with Gasteiger partial charge in [0.2, 0.25) is 0 Å². The van der Waals surface area contributed by atoms with Crippen molar-refractivity contribution in [1.82, 2.24) is 15.2 Å². The van der Waals surface area contributed by atoms with Gasteiger partial charge in [-0.1, -0.05) is 66.7 Å². The molecule has 0 radical (unpaired) electrons. The van der Waals surface area contributed by atoms with Gasteiger partial charge in [-0.05, 0) is 111 Å². The third-order valence-corrected chi connectivity index (χ3v) is 9.12. The number of pyridine rings is 1. The standard InChI is InChI=1S/C41H44F3N3O2/c1-29(2)49-34-20-18-33(19-21-34)40(3)27-47(28-46-40)22-8-5-9-23-48-35-15-10-14-31(25-35)38-32(24-30-12-6-4-7-13-30)26-45-39-36(38)16-11-17-37(39)41(42,43)44/h4,6-7,10-21,25-26,29,46H,5,8-9,22-24,27-28H2,1-3H3. The van der Waals surface area contributed by atoms with Crippen molar-refractivity contribution >= 4 is 10.9 Å². The van der Waals surface area contributed by atoms with Crippen LogP contribution in [0.4, 0.5) is 13.2 Å². The SMILES string of the molecule is CC(C)Oc1ccc(C2(C)CN(CCCCCOc3cccc(-c4c(Cc5ccccc5)cnc5c(C(F)(F)F)cccc45)c3)CN2)cc1. The number of benzene rings is 4. The second-order valence-electron chi connectivity index (χ2n) is 13.4. The molecule has 0 bridgehead atoms. The third kappa shape index (κ3) is 8.43. The normalized spacial score (nSPS) is 16.8. The summed E-state index contributed by atoms with van der Waals surface area (Å²) in [5, 5.41) is 4.17. The molecular weight excluding hydrogens is 623 g/mol. The lowest BCUT2D eigenvalue weighted by Gasteiger charge is -2.25. The molecule has 5 nitrogen and oxygen atoms in total. The lowest BCUT2D eigenvalue weighted by molar-refractivity contribution is -0.136. The van der Waals surface area contributed by atoms with E-state index in [1.165, 1.54) is 11.6 Å². The van der Waals surface area contributed by atoms with Crippen LogP contribution in [0, 0.1) is 0 Å². The van der Waals surface area contributed by atoms with Gasteiger partial charge in [0.1, 0.15) is 11.5 Å². The highest BCUT2D eigenvalue weighted by Crippen LogP contribution is 2.39. The third-order valence-electron chi connectivity index (χ3n) is 9.12. The Kier molecular flexibility index (Phi) is 10.6. The van der Waals surface area contributed by atoms with Gasteiger partial charge < -0.3 is 9.47 Å². The lowest BCUT2D eigenvalue weighted by atomic mass is 9.92. The molecule has 1 fully saturated rings. The van der Waals surface area contributed by atoms with Crippen molar-refractivity contribution in [2.24, 2.45) is 0 Å². The molecule has 1 saturated heterocycles. The predicted molar refractivity (Wildman–Crippen MR) is 190 cm³/mol. The molecular formula is C41H44F3N3O2. The molecule has 4 aromatic carbocycles. The van der Waals surface area contributed by atoms with Gasteiger partial charge in [0, 0.05) is 24.8 Å². The molecule has 49 heavy (non-hydrogen) atoms. The van der Waals surface area contributed by atoms with E-state index in [0.717, 1.165) is 73.1 Å². The molecule has 6 rings (SSSR count). The first-order valence-electron chi connectivity index (χ1n) is 17.1. The van der Waals surface area contributed by atoms with Crippen LogP contribution in [-0.2, 0) is 18.1 Å². The van der Waals surface area contributed by atoms with Gasteiger partial charge in [0.25, 0.3) is 0 Å². The lowest BCUT2D eigenvalue weighted by Crippen LogP contribution is -2.36. The fourth-order valence-corrected chi connectivity index (χ4v) is 6.70. The van der Waals surface area contributed by atoms with E-state index in [0.29, 0.717) is 24.2 Å². The Bertz CT molecular complexity index is 1840. The minimum atomic E-state index is -4.50. The smallest absolute Gasteiger partial charge is 0.418 e. The molecule has 5 aromatic rings. The Hall–Kier alpha value is -4.40. The highest BCUT2D eigenvalue weighted by atomic mass is 19.4. The van der Waals surface area contributed by atoms with Crippen LogP contribution in [0.3, 0.4) is 0 Å². The average molecular weight is 668 g/mol. The Morgan fingerprint density at radius 1 is 0.878 bits per heavy atom. The first kappa shape index (κ1) is 34.5. The summed E-state index contributed by atoms with van der Waals surface area (Å²) in [6, 6.07) is 30.3. The molecule has 256 valence electrons. The van der Waals surface area contributed by atoms with E-state index in [-0.39, 0.29) is 17.2 Å². The quantitative estimate of drug-likeness (QED) is 0.127. The highest BCUT2D eigenvalue weighted by Gasteiger charge is 2.35. The maximum absolute atomic E-state index is 14.0. The van der Waals surface area contributed by atoms with Crippen molar-refractivity contribution in [2.75, 3.05) is 26.4 Å². The zero-order valence-electron chi connectivity index (χ0n) is 28.4. The molecule has 8 heteroatoms. The van der Waals surface area contributed by atoms with Crippen molar-refractivity contribution in [3.8, 4) is 22.6 Å². The number of rotatable bonds is 13. The highest BCUT2D eigenvalue weighted by molar-refractivity contribution is 5.98. The van der Waals surface area contributed by atoms with Gasteiger partial charge in [0.05, 0.1) is 29.3 Å². The number of para-hydroxylation sites is 1.